The van der Waals surface area contributed by atoms with Crippen LogP contribution in [0.15, 0.2) is 52.0 Å². The van der Waals surface area contributed by atoms with Crippen molar-refractivity contribution in [3.63, 3.8) is 0 Å². The Kier molecular flexibility index (Phi) is 4.43. The van der Waals surface area contributed by atoms with Crippen molar-refractivity contribution in [1.29, 1.82) is 0 Å². The number of rotatable bonds is 4. The average molecular weight is 330 g/mol. The molecule has 6 heteroatoms. The molecule has 1 aliphatic rings. The van der Waals surface area contributed by atoms with Gasteiger partial charge in [0, 0.05) is 18.4 Å². The fourth-order valence-corrected chi connectivity index (χ4v) is 3.57. The van der Waals surface area contributed by atoms with Crippen LogP contribution in [0.2, 0.25) is 0 Å². The summed E-state index contributed by atoms with van der Waals surface area (Å²) < 4.78 is 5.35. The van der Waals surface area contributed by atoms with Gasteiger partial charge in [-0.15, -0.1) is 11.8 Å². The lowest BCUT2D eigenvalue weighted by molar-refractivity contribution is -0.133. The van der Waals surface area contributed by atoms with Gasteiger partial charge in [0.15, 0.2) is 0 Å². The maximum atomic E-state index is 12.5. The fourth-order valence-electron chi connectivity index (χ4n) is 2.47. The molecule has 23 heavy (non-hydrogen) atoms. The molecule has 0 saturated heterocycles. The van der Waals surface area contributed by atoms with Gasteiger partial charge in [-0.25, -0.2) is 0 Å². The normalized spacial score (nSPS) is 18.0. The first-order chi connectivity index (χ1) is 11.1. The van der Waals surface area contributed by atoms with E-state index in [1.807, 2.05) is 37.3 Å². The smallest absolute Gasteiger partial charge is 0.238 e. The van der Waals surface area contributed by atoms with E-state index in [1.54, 1.807) is 24.3 Å². The van der Waals surface area contributed by atoms with Crippen LogP contribution in [0.1, 0.15) is 25.1 Å². The average Bonchev–Trinajstić information content (AvgIpc) is 3.08. The topological polar surface area (TPSA) is 62.6 Å². The minimum Gasteiger partial charge on any atom is -0.467 e. The summed E-state index contributed by atoms with van der Waals surface area (Å²) in [5.41, 5.74) is 0.809. The Bertz CT molecular complexity index is 714. The zero-order valence-electron chi connectivity index (χ0n) is 13.0. The molecule has 2 heterocycles. The summed E-state index contributed by atoms with van der Waals surface area (Å²) in [6.07, 6.45) is 1.75. The minimum atomic E-state index is -0.413. The van der Waals surface area contributed by atoms with Crippen LogP contribution in [0, 0.1) is 0 Å². The van der Waals surface area contributed by atoms with Crippen LogP contribution in [0.5, 0.6) is 0 Å². The molecular weight excluding hydrogens is 312 g/mol. The first-order valence-corrected chi connectivity index (χ1v) is 8.30. The van der Waals surface area contributed by atoms with Crippen molar-refractivity contribution >= 4 is 29.3 Å². The zero-order chi connectivity index (χ0) is 16.4. The van der Waals surface area contributed by atoms with E-state index < -0.39 is 5.25 Å². The number of amides is 2. The lowest BCUT2D eigenvalue weighted by Crippen LogP contribution is -2.36. The van der Waals surface area contributed by atoms with E-state index >= 15 is 0 Å². The lowest BCUT2D eigenvalue weighted by atomic mass is 10.2. The quantitative estimate of drug-likeness (QED) is 0.934. The predicted molar refractivity (Wildman–Crippen MR) is 89.2 cm³/mol. The second-order valence-corrected chi connectivity index (χ2v) is 6.74. The second-order valence-electron chi connectivity index (χ2n) is 5.49. The number of anilines is 1. The van der Waals surface area contributed by atoms with Gasteiger partial charge in [-0.05, 0) is 31.2 Å². The molecule has 0 fully saturated rings. The number of nitrogens with one attached hydrogen (secondary N) is 1. The van der Waals surface area contributed by atoms with E-state index in [1.165, 1.54) is 11.8 Å². The number of nitrogens with zero attached hydrogens (tertiary/aromatic N) is 1. The van der Waals surface area contributed by atoms with Crippen molar-refractivity contribution in [2.45, 2.75) is 29.5 Å². The van der Waals surface area contributed by atoms with Gasteiger partial charge < -0.3 is 14.6 Å². The summed E-state index contributed by atoms with van der Waals surface area (Å²) in [7, 11) is 1.73. The summed E-state index contributed by atoms with van der Waals surface area (Å²) in [6.45, 7) is 1.90. The number of carbonyl (C=O) groups excluding carboxylic acids is 2. The summed E-state index contributed by atoms with van der Waals surface area (Å²) >= 11 is 1.44. The number of para-hydroxylation sites is 1. The lowest BCUT2D eigenvalue weighted by Gasteiger charge is -2.27. The van der Waals surface area contributed by atoms with Gasteiger partial charge in [0.2, 0.25) is 11.8 Å². The Morgan fingerprint density at radius 2 is 2.13 bits per heavy atom. The van der Waals surface area contributed by atoms with Gasteiger partial charge in [-0.1, -0.05) is 12.1 Å². The molecule has 1 aromatic carbocycles. The van der Waals surface area contributed by atoms with E-state index in [2.05, 4.69) is 5.32 Å². The third-order valence-electron chi connectivity index (χ3n) is 4.00. The molecule has 2 aromatic rings. The number of furan rings is 1. The van der Waals surface area contributed by atoms with Crippen molar-refractivity contribution in [1.82, 2.24) is 4.90 Å². The van der Waals surface area contributed by atoms with Crippen molar-refractivity contribution < 1.29 is 14.0 Å². The molecule has 3 rings (SSSR count). The minimum absolute atomic E-state index is 0.0825. The van der Waals surface area contributed by atoms with Crippen LogP contribution < -0.4 is 5.32 Å². The Morgan fingerprint density at radius 1 is 1.35 bits per heavy atom. The van der Waals surface area contributed by atoms with E-state index in [-0.39, 0.29) is 24.3 Å². The largest absolute Gasteiger partial charge is 0.467 e. The second kappa shape index (κ2) is 6.50. The zero-order valence-corrected chi connectivity index (χ0v) is 13.8. The van der Waals surface area contributed by atoms with E-state index in [4.69, 9.17) is 4.42 Å². The number of hydrogen-bond acceptors (Lipinski definition) is 4. The maximum absolute atomic E-state index is 12.5. The Hall–Kier alpha value is -2.21. The molecule has 1 aliphatic heterocycles. The van der Waals surface area contributed by atoms with Crippen LogP contribution >= 0.6 is 11.8 Å². The Balaban J connectivity index is 1.67. The maximum Gasteiger partial charge on any atom is 0.238 e. The van der Waals surface area contributed by atoms with Gasteiger partial charge in [0.1, 0.15) is 5.76 Å². The van der Waals surface area contributed by atoms with Crippen molar-refractivity contribution in [3.05, 3.63) is 48.4 Å². The Labute approximate surface area is 139 Å². The predicted octanol–water partition coefficient (Wildman–Crippen LogP) is 3.30. The molecule has 1 N–H and O–H groups in total. The molecule has 0 radical (unpaired) electrons. The van der Waals surface area contributed by atoms with Crippen LogP contribution in [0.25, 0.3) is 0 Å². The first-order valence-electron chi connectivity index (χ1n) is 7.42. The van der Waals surface area contributed by atoms with Crippen LogP contribution in [-0.2, 0) is 9.59 Å². The third kappa shape index (κ3) is 3.27. The first kappa shape index (κ1) is 15.7. The standard InChI is InChI=1S/C17H18N2O3S/c1-11(13-7-5-9-22-13)19(2)16(20)10-15-17(21)18-12-6-3-4-8-14(12)23-15/h3-9,11,15H,10H2,1-2H3,(H,18,21). The van der Waals surface area contributed by atoms with Crippen LogP contribution in [0.3, 0.4) is 0 Å². The number of thioether (sulfide) groups is 1. The molecular formula is C17H18N2O3S. The molecule has 2 unspecified atom stereocenters. The molecule has 0 bridgehead atoms. The Morgan fingerprint density at radius 3 is 2.87 bits per heavy atom. The van der Waals surface area contributed by atoms with Gasteiger partial charge in [0.05, 0.1) is 23.2 Å². The van der Waals surface area contributed by atoms with Gasteiger partial charge >= 0.3 is 0 Å². The highest BCUT2D eigenvalue weighted by molar-refractivity contribution is 8.01. The molecule has 1 aromatic heterocycles. The van der Waals surface area contributed by atoms with E-state index in [0.29, 0.717) is 0 Å². The summed E-state index contributed by atoms with van der Waals surface area (Å²) in [5, 5.41) is 2.45. The molecule has 120 valence electrons. The number of carbonyl (C=O) groups is 2. The van der Waals surface area contributed by atoms with Crippen molar-refractivity contribution in [3.8, 4) is 0 Å². The highest BCUT2D eigenvalue weighted by atomic mass is 32.2. The summed E-state index contributed by atoms with van der Waals surface area (Å²) in [4.78, 5) is 27.3. The van der Waals surface area contributed by atoms with Crippen molar-refractivity contribution in [2.75, 3.05) is 12.4 Å². The van der Waals surface area contributed by atoms with E-state index in [9.17, 15) is 9.59 Å². The molecule has 2 atom stereocenters. The van der Waals surface area contributed by atoms with Crippen LogP contribution in [0.4, 0.5) is 5.69 Å². The third-order valence-corrected chi connectivity index (χ3v) is 5.27. The highest BCUT2D eigenvalue weighted by Gasteiger charge is 2.31. The molecule has 0 saturated carbocycles. The van der Waals surface area contributed by atoms with Gasteiger partial charge in [0.25, 0.3) is 0 Å². The van der Waals surface area contributed by atoms with Crippen molar-refractivity contribution in [2.24, 2.45) is 0 Å². The molecule has 0 spiro atoms. The van der Waals surface area contributed by atoms with Gasteiger partial charge in [-0.2, -0.15) is 0 Å². The molecule has 2 amide bonds. The highest BCUT2D eigenvalue weighted by Crippen LogP contribution is 2.37. The SMILES string of the molecule is CC(c1ccco1)N(C)C(=O)CC1Sc2ccccc2NC1=O. The fraction of sp³-hybridized carbons (Fsp3) is 0.294. The molecule has 0 aliphatic carbocycles. The monoisotopic (exact) mass is 330 g/mol. The number of benzene rings is 1. The number of hydrogen-bond donors (Lipinski definition) is 1. The van der Waals surface area contributed by atoms with E-state index in [0.717, 1.165) is 16.3 Å². The molecule has 5 nitrogen and oxygen atoms in total. The number of fused-ring (bicyclic) bond motifs is 1. The van der Waals surface area contributed by atoms with Crippen LogP contribution in [-0.4, -0.2) is 29.0 Å². The summed E-state index contributed by atoms with van der Waals surface area (Å²) in [5.74, 6) is 0.522. The van der Waals surface area contributed by atoms with Gasteiger partial charge in [-0.3, -0.25) is 9.59 Å². The summed E-state index contributed by atoms with van der Waals surface area (Å²) in [6, 6.07) is 11.1.